The van der Waals surface area contributed by atoms with Crippen LogP contribution in [0.5, 0.6) is 0 Å². The van der Waals surface area contributed by atoms with E-state index in [0.717, 1.165) is 5.52 Å². The van der Waals surface area contributed by atoms with E-state index >= 15 is 0 Å². The van der Waals surface area contributed by atoms with Crippen LogP contribution in [0.25, 0.3) is 10.2 Å². The summed E-state index contributed by atoms with van der Waals surface area (Å²) >= 11 is 1.51. The lowest BCUT2D eigenvalue weighted by Gasteiger charge is -1.91. The van der Waals surface area contributed by atoms with Crippen LogP contribution >= 0.6 is 28.3 Å². The molecule has 12 heavy (non-hydrogen) atoms. The molecule has 2 aromatic rings. The van der Waals surface area contributed by atoms with E-state index < -0.39 is 0 Å². The Hall–Kier alpha value is -0.610. The Morgan fingerprint density at radius 3 is 2.67 bits per heavy atom. The number of rotatable bonds is 0. The van der Waals surface area contributed by atoms with Crippen LogP contribution < -0.4 is 4.80 Å². The minimum atomic E-state index is 0. The molecule has 0 unspecified atom stereocenters. The van der Waals surface area contributed by atoms with E-state index in [9.17, 15) is 0 Å². The van der Waals surface area contributed by atoms with E-state index in [-0.39, 0.29) is 17.0 Å². The SMILES string of the molecule is Br.Cn1c(=N)sc2ccccc21. The summed E-state index contributed by atoms with van der Waals surface area (Å²) < 4.78 is 3.07. The largest absolute Gasteiger partial charge is 0.320 e. The Morgan fingerprint density at radius 2 is 2.00 bits per heavy atom. The molecule has 0 saturated heterocycles. The third-order valence-electron chi connectivity index (χ3n) is 1.74. The van der Waals surface area contributed by atoms with Gasteiger partial charge in [0.25, 0.3) is 0 Å². The van der Waals surface area contributed by atoms with E-state index in [2.05, 4.69) is 0 Å². The van der Waals surface area contributed by atoms with Gasteiger partial charge in [0.2, 0.25) is 0 Å². The van der Waals surface area contributed by atoms with Crippen LogP contribution in [0.15, 0.2) is 24.3 Å². The molecule has 0 amide bonds. The van der Waals surface area contributed by atoms with Crippen molar-refractivity contribution in [2.45, 2.75) is 0 Å². The lowest BCUT2D eigenvalue weighted by atomic mass is 10.3. The predicted molar refractivity (Wildman–Crippen MR) is 57.0 cm³/mol. The Balaban J connectivity index is 0.000000720. The first-order valence-corrected chi connectivity index (χ1v) is 4.20. The predicted octanol–water partition coefficient (Wildman–Crippen LogP) is 2.30. The van der Waals surface area contributed by atoms with Crippen molar-refractivity contribution in [1.29, 1.82) is 5.41 Å². The van der Waals surface area contributed by atoms with Gasteiger partial charge in [-0.05, 0) is 12.1 Å². The summed E-state index contributed by atoms with van der Waals surface area (Å²) in [5.41, 5.74) is 1.14. The molecule has 1 heterocycles. The summed E-state index contributed by atoms with van der Waals surface area (Å²) in [5, 5.41) is 7.53. The van der Waals surface area contributed by atoms with E-state index in [1.165, 1.54) is 16.0 Å². The molecule has 0 fully saturated rings. The first-order valence-electron chi connectivity index (χ1n) is 3.38. The molecule has 2 nitrogen and oxygen atoms in total. The van der Waals surface area contributed by atoms with Gasteiger partial charge in [-0.15, -0.1) is 17.0 Å². The van der Waals surface area contributed by atoms with Gasteiger partial charge in [0.1, 0.15) is 0 Å². The van der Waals surface area contributed by atoms with Crippen LogP contribution in [0.4, 0.5) is 0 Å². The summed E-state index contributed by atoms with van der Waals surface area (Å²) in [6.45, 7) is 0. The second-order valence-electron chi connectivity index (χ2n) is 2.43. The van der Waals surface area contributed by atoms with E-state index in [4.69, 9.17) is 5.41 Å². The van der Waals surface area contributed by atoms with Gasteiger partial charge >= 0.3 is 0 Å². The van der Waals surface area contributed by atoms with Gasteiger partial charge in [-0.25, -0.2) is 0 Å². The zero-order valence-electron chi connectivity index (χ0n) is 6.57. The smallest absolute Gasteiger partial charge is 0.182 e. The van der Waals surface area contributed by atoms with Gasteiger partial charge in [-0.2, -0.15) is 0 Å². The Morgan fingerprint density at radius 1 is 1.33 bits per heavy atom. The molecule has 1 aromatic carbocycles. The average Bonchev–Trinajstić information content (AvgIpc) is 2.30. The number of hydrogen-bond donors (Lipinski definition) is 1. The monoisotopic (exact) mass is 244 g/mol. The molecule has 0 aliphatic rings. The van der Waals surface area contributed by atoms with Crippen molar-refractivity contribution in [3.8, 4) is 0 Å². The summed E-state index contributed by atoms with van der Waals surface area (Å²) in [6, 6.07) is 8.06. The first kappa shape index (κ1) is 9.48. The number of aromatic nitrogens is 1. The average molecular weight is 245 g/mol. The number of nitrogens with zero attached hydrogens (tertiary/aromatic N) is 1. The fraction of sp³-hybridized carbons (Fsp3) is 0.125. The van der Waals surface area contributed by atoms with Crippen LogP contribution in [0.1, 0.15) is 0 Å². The summed E-state index contributed by atoms with van der Waals surface area (Å²) in [4.78, 5) is 0.603. The van der Waals surface area contributed by atoms with E-state index in [1.807, 2.05) is 35.9 Å². The minimum absolute atomic E-state index is 0. The second kappa shape index (κ2) is 3.41. The van der Waals surface area contributed by atoms with Gasteiger partial charge in [-0.1, -0.05) is 23.5 Å². The Kier molecular flexibility index (Phi) is 2.69. The second-order valence-corrected chi connectivity index (χ2v) is 3.46. The number of para-hydroxylation sites is 1. The van der Waals surface area contributed by atoms with Crippen molar-refractivity contribution in [2.75, 3.05) is 0 Å². The first-order chi connectivity index (χ1) is 5.29. The normalized spacial score (nSPS) is 9.75. The third kappa shape index (κ3) is 1.32. The molecule has 0 aliphatic carbocycles. The fourth-order valence-electron chi connectivity index (χ4n) is 1.10. The van der Waals surface area contributed by atoms with Crippen molar-refractivity contribution in [3.05, 3.63) is 29.1 Å². The fourth-order valence-corrected chi connectivity index (χ4v) is 2.00. The van der Waals surface area contributed by atoms with Gasteiger partial charge in [0, 0.05) is 7.05 Å². The van der Waals surface area contributed by atoms with Gasteiger partial charge in [-0.3, -0.25) is 5.41 Å². The topological polar surface area (TPSA) is 28.8 Å². The number of nitrogens with one attached hydrogen (secondary N) is 1. The van der Waals surface area contributed by atoms with E-state index in [0.29, 0.717) is 4.80 Å². The molecule has 2 rings (SSSR count). The number of fused-ring (bicyclic) bond motifs is 1. The maximum absolute atomic E-state index is 7.53. The molecule has 0 aliphatic heterocycles. The van der Waals surface area contributed by atoms with Crippen LogP contribution in [-0.4, -0.2) is 4.57 Å². The number of halogens is 1. The van der Waals surface area contributed by atoms with Crippen molar-refractivity contribution in [2.24, 2.45) is 7.05 Å². The van der Waals surface area contributed by atoms with Gasteiger partial charge in [0.15, 0.2) is 4.80 Å². The molecule has 0 bridgehead atoms. The molecule has 0 saturated carbocycles. The summed E-state index contributed by atoms with van der Waals surface area (Å²) in [6.07, 6.45) is 0. The lowest BCUT2D eigenvalue weighted by Crippen LogP contribution is -2.06. The number of aryl methyl sites for hydroxylation is 1. The highest BCUT2D eigenvalue weighted by Gasteiger charge is 1.97. The number of hydrogen-bond acceptors (Lipinski definition) is 2. The highest BCUT2D eigenvalue weighted by molar-refractivity contribution is 8.93. The molecule has 1 aromatic heterocycles. The standard InChI is InChI=1S/C8H8N2S.BrH/c1-10-6-4-2-3-5-7(6)11-8(10)9;/h2-5,9H,1H3;1H. The molecule has 4 heteroatoms. The lowest BCUT2D eigenvalue weighted by molar-refractivity contribution is 0.893. The number of thiazole rings is 1. The van der Waals surface area contributed by atoms with Crippen LogP contribution in [0.3, 0.4) is 0 Å². The van der Waals surface area contributed by atoms with Gasteiger partial charge < -0.3 is 4.57 Å². The van der Waals surface area contributed by atoms with Crippen molar-refractivity contribution in [1.82, 2.24) is 4.57 Å². The maximum atomic E-state index is 7.53. The van der Waals surface area contributed by atoms with Crippen LogP contribution in [-0.2, 0) is 7.05 Å². The molecule has 64 valence electrons. The van der Waals surface area contributed by atoms with Gasteiger partial charge in [0.05, 0.1) is 10.2 Å². The molecule has 0 radical (unpaired) electrons. The molecule has 0 atom stereocenters. The molecule has 1 N–H and O–H groups in total. The van der Waals surface area contributed by atoms with Crippen molar-refractivity contribution < 1.29 is 0 Å². The third-order valence-corrected chi connectivity index (χ3v) is 2.77. The summed E-state index contributed by atoms with van der Waals surface area (Å²) in [5.74, 6) is 0. The maximum Gasteiger partial charge on any atom is 0.182 e. The van der Waals surface area contributed by atoms with Crippen LogP contribution in [0, 0.1) is 5.41 Å². The zero-order valence-corrected chi connectivity index (χ0v) is 9.10. The molecular weight excluding hydrogens is 236 g/mol. The number of benzene rings is 1. The Labute approximate surface area is 84.7 Å². The van der Waals surface area contributed by atoms with Crippen molar-refractivity contribution in [3.63, 3.8) is 0 Å². The van der Waals surface area contributed by atoms with E-state index in [1.54, 1.807) is 0 Å². The quantitative estimate of drug-likeness (QED) is 0.737. The van der Waals surface area contributed by atoms with Crippen LogP contribution in [0.2, 0.25) is 0 Å². The highest BCUT2D eigenvalue weighted by Crippen LogP contribution is 2.14. The minimum Gasteiger partial charge on any atom is -0.320 e. The Bertz CT molecular complexity index is 443. The molecular formula is C8H9BrN2S. The molecule has 0 spiro atoms. The highest BCUT2D eigenvalue weighted by atomic mass is 79.9. The zero-order chi connectivity index (χ0) is 7.84. The summed E-state index contributed by atoms with van der Waals surface area (Å²) in [7, 11) is 1.92. The van der Waals surface area contributed by atoms with Crippen molar-refractivity contribution >= 4 is 38.5 Å².